The molecule has 0 atom stereocenters. The third kappa shape index (κ3) is 5.49. The summed E-state index contributed by atoms with van der Waals surface area (Å²) in [6, 6.07) is 15.9. The smallest absolute Gasteiger partial charge is 0.268 e. The van der Waals surface area contributed by atoms with Crippen LogP contribution in [0.5, 0.6) is 5.75 Å². The number of methoxy groups -OCH3 is 1. The number of ether oxygens (including phenoxy) is 1. The molecular formula is C20H22N2O3. The molecule has 0 heterocycles. The summed E-state index contributed by atoms with van der Waals surface area (Å²) in [5.74, 6) is 0.0491. The number of hydrogen-bond donors (Lipinski definition) is 2. The fourth-order valence-corrected chi connectivity index (χ4v) is 2.15. The van der Waals surface area contributed by atoms with Gasteiger partial charge < -0.3 is 15.4 Å². The largest absolute Gasteiger partial charge is 0.497 e. The molecule has 130 valence electrons. The highest BCUT2D eigenvalue weighted by Crippen LogP contribution is 2.14. The van der Waals surface area contributed by atoms with Crippen LogP contribution < -0.4 is 15.4 Å². The van der Waals surface area contributed by atoms with Crippen molar-refractivity contribution in [3.8, 4) is 5.75 Å². The third-order valence-corrected chi connectivity index (χ3v) is 3.38. The third-order valence-electron chi connectivity index (χ3n) is 3.38. The number of carbonyl (C=O) groups excluding carboxylic acids is 2. The number of nitrogens with one attached hydrogen (secondary N) is 2. The molecule has 0 radical (unpaired) electrons. The Kier molecular flexibility index (Phi) is 6.34. The van der Waals surface area contributed by atoms with Gasteiger partial charge in [-0.05, 0) is 49.8 Å². The molecule has 0 saturated carbocycles. The van der Waals surface area contributed by atoms with E-state index in [1.165, 1.54) is 0 Å². The van der Waals surface area contributed by atoms with E-state index in [1.54, 1.807) is 49.6 Å². The molecule has 2 N–H and O–H groups in total. The average Bonchev–Trinajstić information content (AvgIpc) is 2.62. The summed E-state index contributed by atoms with van der Waals surface area (Å²) in [4.78, 5) is 24.8. The summed E-state index contributed by atoms with van der Waals surface area (Å²) < 4.78 is 5.13. The first kappa shape index (κ1) is 18.3. The SMILES string of the molecule is COc1ccc(/C=C(\NC(=O)c2ccccc2)C(=O)NC(C)C)cc1. The molecule has 0 spiro atoms. The second-order valence-corrected chi connectivity index (χ2v) is 5.78. The van der Waals surface area contributed by atoms with Crippen molar-refractivity contribution in [2.75, 3.05) is 7.11 Å². The topological polar surface area (TPSA) is 67.4 Å². The Labute approximate surface area is 147 Å². The predicted molar refractivity (Wildman–Crippen MR) is 98.2 cm³/mol. The summed E-state index contributed by atoms with van der Waals surface area (Å²) in [6.45, 7) is 3.73. The maximum atomic E-state index is 12.4. The molecule has 5 nitrogen and oxygen atoms in total. The van der Waals surface area contributed by atoms with Crippen LogP contribution in [-0.2, 0) is 4.79 Å². The van der Waals surface area contributed by atoms with E-state index < -0.39 is 0 Å². The lowest BCUT2D eigenvalue weighted by atomic mass is 10.1. The molecule has 25 heavy (non-hydrogen) atoms. The lowest BCUT2D eigenvalue weighted by Crippen LogP contribution is -2.38. The van der Waals surface area contributed by atoms with Gasteiger partial charge in [-0.2, -0.15) is 0 Å². The van der Waals surface area contributed by atoms with E-state index in [4.69, 9.17) is 4.74 Å². The normalized spacial score (nSPS) is 11.1. The van der Waals surface area contributed by atoms with Crippen LogP contribution >= 0.6 is 0 Å². The second kappa shape index (κ2) is 8.68. The second-order valence-electron chi connectivity index (χ2n) is 5.78. The van der Waals surface area contributed by atoms with Crippen LogP contribution in [0.25, 0.3) is 6.08 Å². The van der Waals surface area contributed by atoms with Gasteiger partial charge in [-0.15, -0.1) is 0 Å². The first-order valence-corrected chi connectivity index (χ1v) is 8.02. The Hall–Kier alpha value is -3.08. The fraction of sp³-hybridized carbons (Fsp3) is 0.200. The molecule has 2 rings (SSSR count). The molecule has 0 fully saturated rings. The Balaban J connectivity index is 2.27. The quantitative estimate of drug-likeness (QED) is 0.796. The standard InChI is InChI=1S/C20H22N2O3/c1-14(2)21-20(24)18(13-15-9-11-17(25-3)12-10-15)22-19(23)16-7-5-4-6-8-16/h4-14H,1-3H3,(H,21,24)(H,22,23)/b18-13-. The van der Waals surface area contributed by atoms with Crippen LogP contribution in [0.15, 0.2) is 60.3 Å². The van der Waals surface area contributed by atoms with E-state index in [0.717, 1.165) is 11.3 Å². The zero-order chi connectivity index (χ0) is 18.2. The summed E-state index contributed by atoms with van der Waals surface area (Å²) >= 11 is 0. The molecule has 5 heteroatoms. The van der Waals surface area contributed by atoms with E-state index in [-0.39, 0.29) is 23.6 Å². The van der Waals surface area contributed by atoms with Gasteiger partial charge in [0, 0.05) is 11.6 Å². The van der Waals surface area contributed by atoms with Crippen LogP contribution in [0.1, 0.15) is 29.8 Å². The minimum absolute atomic E-state index is 0.0413. The highest BCUT2D eigenvalue weighted by Gasteiger charge is 2.15. The van der Waals surface area contributed by atoms with Crippen molar-refractivity contribution in [1.29, 1.82) is 0 Å². The van der Waals surface area contributed by atoms with Crippen LogP contribution in [0, 0.1) is 0 Å². The molecule has 0 bridgehead atoms. The Morgan fingerprint density at radius 3 is 2.20 bits per heavy atom. The van der Waals surface area contributed by atoms with Crippen LogP contribution in [0.3, 0.4) is 0 Å². The van der Waals surface area contributed by atoms with Crippen molar-refractivity contribution < 1.29 is 14.3 Å². The molecule has 0 saturated heterocycles. The van der Waals surface area contributed by atoms with Crippen LogP contribution in [-0.4, -0.2) is 25.0 Å². The molecule has 0 aromatic heterocycles. The average molecular weight is 338 g/mol. The minimum Gasteiger partial charge on any atom is -0.497 e. The fourth-order valence-electron chi connectivity index (χ4n) is 2.15. The van der Waals surface area contributed by atoms with Crippen molar-refractivity contribution in [3.05, 3.63) is 71.4 Å². The van der Waals surface area contributed by atoms with Gasteiger partial charge in [0.15, 0.2) is 0 Å². The molecule has 0 unspecified atom stereocenters. The van der Waals surface area contributed by atoms with Gasteiger partial charge in [0.1, 0.15) is 11.4 Å². The minimum atomic E-state index is -0.338. The van der Waals surface area contributed by atoms with Crippen LogP contribution in [0.2, 0.25) is 0 Å². The van der Waals surface area contributed by atoms with Crippen molar-refractivity contribution in [2.45, 2.75) is 19.9 Å². The first-order valence-electron chi connectivity index (χ1n) is 8.02. The maximum absolute atomic E-state index is 12.4. The summed E-state index contributed by atoms with van der Waals surface area (Å²) in [5.41, 5.74) is 1.45. The first-order chi connectivity index (χ1) is 12.0. The molecule has 2 amide bonds. The van der Waals surface area contributed by atoms with E-state index in [1.807, 2.05) is 32.0 Å². The zero-order valence-corrected chi connectivity index (χ0v) is 14.6. The molecule has 0 aliphatic heterocycles. The lowest BCUT2D eigenvalue weighted by molar-refractivity contribution is -0.118. The monoisotopic (exact) mass is 338 g/mol. The van der Waals surface area contributed by atoms with E-state index in [2.05, 4.69) is 10.6 Å². The van der Waals surface area contributed by atoms with Gasteiger partial charge in [-0.1, -0.05) is 30.3 Å². The maximum Gasteiger partial charge on any atom is 0.268 e. The van der Waals surface area contributed by atoms with Crippen molar-refractivity contribution in [1.82, 2.24) is 10.6 Å². The highest BCUT2D eigenvalue weighted by molar-refractivity contribution is 6.05. The Morgan fingerprint density at radius 2 is 1.64 bits per heavy atom. The van der Waals surface area contributed by atoms with Gasteiger partial charge in [0.2, 0.25) is 0 Å². The van der Waals surface area contributed by atoms with Gasteiger partial charge in [0.25, 0.3) is 11.8 Å². The summed E-state index contributed by atoms with van der Waals surface area (Å²) in [6.07, 6.45) is 1.64. The number of rotatable bonds is 6. The van der Waals surface area contributed by atoms with E-state index in [0.29, 0.717) is 5.56 Å². The van der Waals surface area contributed by atoms with Crippen LogP contribution in [0.4, 0.5) is 0 Å². The lowest BCUT2D eigenvalue weighted by Gasteiger charge is -2.13. The molecule has 0 aliphatic rings. The number of carbonyl (C=O) groups is 2. The van der Waals surface area contributed by atoms with E-state index >= 15 is 0 Å². The number of benzene rings is 2. The molecule has 2 aromatic rings. The molecule has 2 aromatic carbocycles. The number of amides is 2. The van der Waals surface area contributed by atoms with Crippen molar-refractivity contribution in [3.63, 3.8) is 0 Å². The summed E-state index contributed by atoms with van der Waals surface area (Å²) in [5, 5.41) is 5.49. The summed E-state index contributed by atoms with van der Waals surface area (Å²) in [7, 11) is 1.59. The van der Waals surface area contributed by atoms with Gasteiger partial charge >= 0.3 is 0 Å². The Morgan fingerprint density at radius 1 is 1.00 bits per heavy atom. The van der Waals surface area contributed by atoms with E-state index in [9.17, 15) is 9.59 Å². The van der Waals surface area contributed by atoms with Crippen molar-refractivity contribution >= 4 is 17.9 Å². The predicted octanol–water partition coefficient (Wildman–Crippen LogP) is 2.99. The number of hydrogen-bond acceptors (Lipinski definition) is 3. The van der Waals surface area contributed by atoms with Crippen molar-refractivity contribution in [2.24, 2.45) is 0 Å². The van der Waals surface area contributed by atoms with Gasteiger partial charge in [-0.25, -0.2) is 0 Å². The van der Waals surface area contributed by atoms with Gasteiger partial charge in [0.05, 0.1) is 7.11 Å². The highest BCUT2D eigenvalue weighted by atomic mass is 16.5. The zero-order valence-electron chi connectivity index (χ0n) is 14.6. The van der Waals surface area contributed by atoms with Gasteiger partial charge in [-0.3, -0.25) is 9.59 Å². The molecular weight excluding hydrogens is 316 g/mol. The molecule has 0 aliphatic carbocycles. The Bertz CT molecular complexity index is 750.